The van der Waals surface area contributed by atoms with E-state index in [-0.39, 0.29) is 12.3 Å². The molecule has 0 radical (unpaired) electrons. The lowest BCUT2D eigenvalue weighted by molar-refractivity contribution is -0.123. The Bertz CT molecular complexity index is 1220. The zero-order chi connectivity index (χ0) is 22.3. The average Bonchev–Trinajstić information content (AvgIpc) is 3.48. The second kappa shape index (κ2) is 9.80. The van der Waals surface area contributed by atoms with Gasteiger partial charge in [0, 0.05) is 29.2 Å². The van der Waals surface area contributed by atoms with Gasteiger partial charge in [0.1, 0.15) is 6.04 Å². The van der Waals surface area contributed by atoms with Gasteiger partial charge in [0.05, 0.1) is 4.88 Å². The van der Waals surface area contributed by atoms with Crippen molar-refractivity contribution < 1.29 is 14.4 Å². The van der Waals surface area contributed by atoms with E-state index in [1.807, 2.05) is 36.5 Å². The minimum absolute atomic E-state index is 0.245. The van der Waals surface area contributed by atoms with Gasteiger partial charge < -0.3 is 15.6 Å². The molecule has 4 rings (SSSR count). The average molecular weight is 448 g/mol. The van der Waals surface area contributed by atoms with Crippen LogP contribution in [0.25, 0.3) is 10.9 Å². The number of anilines is 1. The first kappa shape index (κ1) is 21.1. The van der Waals surface area contributed by atoms with Crippen molar-refractivity contribution in [2.45, 2.75) is 12.5 Å². The molecule has 0 aliphatic heterocycles. The molecule has 2 aromatic carbocycles. The Morgan fingerprint density at radius 1 is 0.906 bits per heavy atom. The van der Waals surface area contributed by atoms with Crippen LogP contribution in [-0.2, 0) is 11.2 Å². The van der Waals surface area contributed by atoms with E-state index < -0.39 is 18.0 Å². The van der Waals surface area contributed by atoms with Crippen LogP contribution in [0.5, 0.6) is 0 Å². The third-order valence-corrected chi connectivity index (χ3v) is 5.67. The molecule has 4 amide bonds. The summed E-state index contributed by atoms with van der Waals surface area (Å²) < 4.78 is 0. The van der Waals surface area contributed by atoms with Crippen molar-refractivity contribution in [1.82, 2.24) is 21.2 Å². The maximum Gasteiger partial charge on any atom is 0.337 e. The van der Waals surface area contributed by atoms with E-state index in [0.717, 1.165) is 16.5 Å². The Labute approximate surface area is 188 Å². The number of carbonyl (C=O) groups is 3. The van der Waals surface area contributed by atoms with Crippen molar-refractivity contribution in [3.8, 4) is 0 Å². The molecule has 162 valence electrons. The van der Waals surface area contributed by atoms with Crippen molar-refractivity contribution >= 4 is 45.8 Å². The normalized spacial score (nSPS) is 11.5. The number of amides is 4. The highest BCUT2D eigenvalue weighted by Crippen LogP contribution is 2.19. The van der Waals surface area contributed by atoms with Crippen LogP contribution >= 0.6 is 11.3 Å². The van der Waals surface area contributed by atoms with Gasteiger partial charge >= 0.3 is 6.03 Å². The minimum Gasteiger partial charge on any atom is -0.361 e. The Hall–Kier alpha value is -4.11. The van der Waals surface area contributed by atoms with E-state index in [4.69, 9.17) is 0 Å². The number of hydrazine groups is 1. The Balaban J connectivity index is 1.45. The van der Waals surface area contributed by atoms with Gasteiger partial charge in [-0.3, -0.25) is 15.0 Å². The second-order valence-corrected chi connectivity index (χ2v) is 7.95. The van der Waals surface area contributed by atoms with Crippen LogP contribution in [0.4, 0.5) is 10.5 Å². The molecule has 0 saturated carbocycles. The van der Waals surface area contributed by atoms with Gasteiger partial charge in [0.25, 0.3) is 11.8 Å². The molecule has 5 N–H and O–H groups in total. The largest absolute Gasteiger partial charge is 0.361 e. The summed E-state index contributed by atoms with van der Waals surface area (Å²) in [4.78, 5) is 41.3. The number of rotatable bonds is 6. The number of hydrogen-bond donors (Lipinski definition) is 5. The van der Waals surface area contributed by atoms with Crippen molar-refractivity contribution in [3.63, 3.8) is 0 Å². The molecule has 0 aliphatic carbocycles. The number of fused-ring (bicyclic) bond motifs is 1. The molecule has 0 spiro atoms. The molecular formula is C23H21N5O3S. The number of thiophene rings is 1. The van der Waals surface area contributed by atoms with Gasteiger partial charge in [-0.25, -0.2) is 10.2 Å². The van der Waals surface area contributed by atoms with E-state index in [9.17, 15) is 14.4 Å². The first-order valence-electron chi connectivity index (χ1n) is 9.91. The summed E-state index contributed by atoms with van der Waals surface area (Å²) in [5.74, 6) is -0.892. The Morgan fingerprint density at radius 3 is 2.47 bits per heavy atom. The fourth-order valence-electron chi connectivity index (χ4n) is 3.26. The summed E-state index contributed by atoms with van der Waals surface area (Å²) in [6, 6.07) is 18.5. The highest BCUT2D eigenvalue weighted by Gasteiger charge is 2.24. The highest BCUT2D eigenvalue weighted by atomic mass is 32.1. The molecule has 2 aromatic heterocycles. The fourth-order valence-corrected chi connectivity index (χ4v) is 3.88. The van der Waals surface area contributed by atoms with Crippen LogP contribution in [0.15, 0.2) is 78.3 Å². The van der Waals surface area contributed by atoms with Gasteiger partial charge in [-0.1, -0.05) is 42.5 Å². The first-order chi connectivity index (χ1) is 15.6. The third kappa shape index (κ3) is 5.13. The molecule has 9 heteroatoms. The summed E-state index contributed by atoms with van der Waals surface area (Å²) >= 11 is 1.29. The smallest absolute Gasteiger partial charge is 0.337 e. The van der Waals surface area contributed by atoms with Crippen LogP contribution in [0.3, 0.4) is 0 Å². The number of H-pyrrole nitrogens is 1. The number of carbonyl (C=O) groups excluding carboxylic acids is 3. The van der Waals surface area contributed by atoms with Gasteiger partial charge in [0.15, 0.2) is 0 Å². The lowest BCUT2D eigenvalue weighted by Gasteiger charge is -2.18. The van der Waals surface area contributed by atoms with Crippen LogP contribution in [-0.4, -0.2) is 28.9 Å². The van der Waals surface area contributed by atoms with Crippen LogP contribution in [0, 0.1) is 0 Å². The number of benzene rings is 2. The zero-order valence-corrected chi connectivity index (χ0v) is 17.7. The monoisotopic (exact) mass is 447 g/mol. The lowest BCUT2D eigenvalue weighted by atomic mass is 10.0. The van der Waals surface area contributed by atoms with Crippen LogP contribution < -0.4 is 21.5 Å². The molecule has 0 bridgehead atoms. The third-order valence-electron chi connectivity index (χ3n) is 4.80. The van der Waals surface area contributed by atoms with Crippen molar-refractivity contribution in [2.24, 2.45) is 0 Å². The number of urea groups is 1. The van der Waals surface area contributed by atoms with Crippen molar-refractivity contribution in [1.29, 1.82) is 0 Å². The number of para-hydroxylation sites is 2. The number of aromatic amines is 1. The van der Waals surface area contributed by atoms with E-state index in [1.165, 1.54) is 11.3 Å². The number of hydrogen-bond acceptors (Lipinski definition) is 4. The summed E-state index contributed by atoms with van der Waals surface area (Å²) in [5, 5.41) is 8.14. The lowest BCUT2D eigenvalue weighted by Crippen LogP contribution is -2.53. The molecule has 1 unspecified atom stereocenters. The molecule has 32 heavy (non-hydrogen) atoms. The van der Waals surface area contributed by atoms with Crippen LogP contribution in [0.2, 0.25) is 0 Å². The van der Waals surface area contributed by atoms with E-state index in [0.29, 0.717) is 10.6 Å². The van der Waals surface area contributed by atoms with Gasteiger partial charge in [-0.05, 0) is 35.2 Å². The van der Waals surface area contributed by atoms with E-state index in [2.05, 4.69) is 26.5 Å². The minimum atomic E-state index is -0.902. The number of nitrogens with one attached hydrogen (secondary N) is 5. The Kier molecular flexibility index (Phi) is 6.47. The Morgan fingerprint density at radius 2 is 1.69 bits per heavy atom. The second-order valence-electron chi connectivity index (χ2n) is 7.00. The standard InChI is InChI=1S/C23H21N5O3S/c29-21(27-28-23(31)25-16-7-2-1-3-8-16)19(26-22(30)20-11-6-12-32-20)13-15-14-24-18-10-5-4-9-17(15)18/h1-12,14,19,24H,13H2,(H,26,30)(H,27,29)(H2,25,28,31). The molecule has 1 atom stereocenters. The quantitative estimate of drug-likeness (QED) is 0.292. The predicted octanol–water partition coefficient (Wildman–Crippen LogP) is 3.42. The molecule has 0 fully saturated rings. The maximum atomic E-state index is 12.9. The number of aromatic nitrogens is 1. The first-order valence-corrected chi connectivity index (χ1v) is 10.8. The topological polar surface area (TPSA) is 115 Å². The summed E-state index contributed by atoms with van der Waals surface area (Å²) in [6.45, 7) is 0. The van der Waals surface area contributed by atoms with E-state index >= 15 is 0 Å². The molecule has 0 aliphatic rings. The predicted molar refractivity (Wildman–Crippen MR) is 124 cm³/mol. The maximum absolute atomic E-state index is 12.9. The van der Waals surface area contributed by atoms with Gasteiger partial charge in [-0.15, -0.1) is 11.3 Å². The molecule has 0 saturated heterocycles. The molecule has 4 aromatic rings. The molecule has 8 nitrogen and oxygen atoms in total. The van der Waals surface area contributed by atoms with Gasteiger partial charge in [-0.2, -0.15) is 0 Å². The van der Waals surface area contributed by atoms with Gasteiger partial charge in [0.2, 0.25) is 0 Å². The SMILES string of the molecule is O=C(NNC(=O)C(Cc1c[nH]c2ccccc12)NC(=O)c1cccs1)Nc1ccccc1. The summed E-state index contributed by atoms with van der Waals surface area (Å²) in [7, 11) is 0. The summed E-state index contributed by atoms with van der Waals surface area (Å²) in [5.41, 5.74) is 7.12. The van der Waals surface area contributed by atoms with Crippen LogP contribution in [0.1, 0.15) is 15.2 Å². The zero-order valence-electron chi connectivity index (χ0n) is 16.9. The fraction of sp³-hybridized carbons (Fsp3) is 0.0870. The molecular weight excluding hydrogens is 426 g/mol. The van der Waals surface area contributed by atoms with Crippen molar-refractivity contribution in [3.05, 3.63) is 88.7 Å². The summed E-state index contributed by atoms with van der Waals surface area (Å²) in [6.07, 6.45) is 2.06. The molecule has 2 heterocycles. The van der Waals surface area contributed by atoms with Crippen molar-refractivity contribution in [2.75, 3.05) is 5.32 Å². The van der Waals surface area contributed by atoms with E-state index in [1.54, 1.807) is 41.8 Å². The highest BCUT2D eigenvalue weighted by molar-refractivity contribution is 7.12.